The molecule has 1 unspecified atom stereocenters. The molecule has 0 aliphatic carbocycles. The third kappa shape index (κ3) is 17.9. The number of carbonyl (C=O) groups is 9. The molecule has 0 bridgehead atoms. The highest BCUT2D eigenvalue weighted by Gasteiger charge is 2.44. The predicted octanol–water partition coefficient (Wildman–Crippen LogP) is 2.82. The molecule has 7 amide bonds. The second kappa shape index (κ2) is 31.1. The number of unbranched alkanes of at least 4 members (excludes halogenated alkanes) is 2. The lowest BCUT2D eigenvalue weighted by atomic mass is 9.89. The molecule has 22 nitrogen and oxygen atoms in total. The van der Waals surface area contributed by atoms with E-state index >= 15 is 0 Å². The van der Waals surface area contributed by atoms with Crippen LogP contribution in [0.25, 0.3) is 0 Å². The van der Waals surface area contributed by atoms with E-state index in [1.54, 1.807) is 43.0 Å². The number of nitrogens with zero attached hydrogens (tertiary/aromatic N) is 7. The summed E-state index contributed by atoms with van der Waals surface area (Å²) in [4.78, 5) is 133. The number of benzene rings is 1. The van der Waals surface area contributed by atoms with Crippen molar-refractivity contribution in [3.05, 3.63) is 35.9 Å². The number of thioether (sulfide) groups is 1. The number of imide groups is 1. The summed E-state index contributed by atoms with van der Waals surface area (Å²) in [6.07, 6.45) is 2.55. The number of carboxylic acids is 2. The molecule has 3 aliphatic heterocycles. The van der Waals surface area contributed by atoms with E-state index in [-0.39, 0.29) is 72.9 Å². The van der Waals surface area contributed by atoms with Crippen LogP contribution in [0.5, 0.6) is 0 Å². The van der Waals surface area contributed by atoms with Gasteiger partial charge in [0.05, 0.1) is 41.9 Å². The number of hydrogen-bond donors (Lipinski definition) is 4. The van der Waals surface area contributed by atoms with Crippen molar-refractivity contribution < 1.29 is 62.8 Å². The van der Waals surface area contributed by atoms with E-state index < -0.39 is 77.3 Å². The molecule has 1 aromatic rings. The number of carboxylic acid groups (broad SMARTS) is 2. The Hall–Kier alpha value is -5.81. The Kier molecular flexibility index (Phi) is 25.8. The molecule has 10 atom stereocenters. The summed E-state index contributed by atoms with van der Waals surface area (Å²) in [6, 6.07) is 4.95. The second-order valence-electron chi connectivity index (χ2n) is 21.4. The zero-order valence-electron chi connectivity index (χ0n) is 47.7. The summed E-state index contributed by atoms with van der Waals surface area (Å²) in [5, 5.41) is 23.7. The highest BCUT2D eigenvalue weighted by atomic mass is 32.2. The van der Waals surface area contributed by atoms with Gasteiger partial charge in [-0.15, -0.1) is 11.8 Å². The maximum atomic E-state index is 14.8. The molecule has 1 aromatic carbocycles. The molecular formula is C55H87N9O13S. The number of likely N-dealkylation sites (tertiary alicyclic amines) is 2. The lowest BCUT2D eigenvalue weighted by Gasteiger charge is -2.41. The quantitative estimate of drug-likeness (QED) is 0.0389. The average molecular weight is 1110 g/mol. The van der Waals surface area contributed by atoms with E-state index in [0.717, 1.165) is 17.3 Å². The Balaban J connectivity index is 1.35. The molecule has 0 spiro atoms. The first-order valence-electron chi connectivity index (χ1n) is 27.4. The fourth-order valence-electron chi connectivity index (χ4n) is 10.6. The lowest BCUT2D eigenvalue weighted by Crippen LogP contribution is -2.56. The Morgan fingerprint density at radius 1 is 0.833 bits per heavy atom. The minimum absolute atomic E-state index is 0.00406. The number of methoxy groups -OCH3 is 2. The molecule has 0 radical (unpaired) electrons. The Morgan fingerprint density at radius 3 is 2.04 bits per heavy atom. The van der Waals surface area contributed by atoms with E-state index in [4.69, 9.17) is 14.5 Å². The molecule has 0 aromatic heterocycles. The maximum Gasteiger partial charge on any atom is 0.327 e. The Labute approximate surface area is 464 Å². The van der Waals surface area contributed by atoms with Crippen LogP contribution >= 0.6 is 11.8 Å². The van der Waals surface area contributed by atoms with Crippen molar-refractivity contribution in [1.82, 2.24) is 40.0 Å². The number of nitrogens with one attached hydrogen (secondary N) is 2. The largest absolute Gasteiger partial charge is 0.480 e. The summed E-state index contributed by atoms with van der Waals surface area (Å²) in [5.41, 5.74) is 0.767. The molecule has 78 heavy (non-hydrogen) atoms. The average Bonchev–Trinajstić information content (AvgIpc) is 3.99. The number of carbonyl (C=O) groups excluding carboxylic acids is 7. The zero-order valence-corrected chi connectivity index (χ0v) is 48.5. The van der Waals surface area contributed by atoms with Gasteiger partial charge in [-0.1, -0.05) is 77.8 Å². The van der Waals surface area contributed by atoms with Gasteiger partial charge in [-0.25, -0.2) is 14.6 Å². The van der Waals surface area contributed by atoms with Gasteiger partial charge in [-0.3, -0.25) is 38.5 Å². The van der Waals surface area contributed by atoms with Crippen LogP contribution in [0.2, 0.25) is 0 Å². The standard InChI is InChI=1S/C55H87N9O13S/c1-12-35(4)48(42(76-10)31-45(67)63-25-19-22-41(63)49(77-11)36(5)50(69)57-39(53(72)73)30-38-20-15-13-16-21-38)60(9)52(71)47(34(2)3)58-55(59(7)8)62-28-26-61(27-29-62)44(66)23-17-14-18-24-64-46(68)32-43(51(64)70)78-33-40(54(74)75)56-37(6)65/h13,15-16,20-21,34-36,39-43,47-49H,12,14,17-19,22-33H2,1-11H3,(H,56,65)(H,57,69)(H,72,73)(H,74,75)/t35-,36+,39-,40-,41-,42+,43?,47-,48-,49+/m0/s1. The summed E-state index contributed by atoms with van der Waals surface area (Å²) in [7, 11) is 8.50. The third-order valence-electron chi connectivity index (χ3n) is 15.2. The lowest BCUT2D eigenvalue weighted by molar-refractivity contribution is -0.147. The zero-order chi connectivity index (χ0) is 58.0. The number of aliphatic imine (C=N–C) groups is 1. The molecule has 23 heteroatoms. The van der Waals surface area contributed by atoms with Gasteiger partial charge < -0.3 is 54.8 Å². The van der Waals surface area contributed by atoms with Crippen LogP contribution in [0.1, 0.15) is 105 Å². The van der Waals surface area contributed by atoms with Gasteiger partial charge in [0.25, 0.3) is 0 Å². The first-order valence-corrected chi connectivity index (χ1v) is 28.4. The van der Waals surface area contributed by atoms with Crippen molar-refractivity contribution in [1.29, 1.82) is 0 Å². The number of guanidine groups is 1. The fourth-order valence-corrected chi connectivity index (χ4v) is 11.8. The van der Waals surface area contributed by atoms with E-state index in [0.29, 0.717) is 83.6 Å². The van der Waals surface area contributed by atoms with E-state index in [1.165, 1.54) is 18.9 Å². The SMILES string of the molecule is CC[C@H](C)[C@@H]([C@@H](CC(=O)N1CCC[C@H]1[C@H](OC)[C@@H](C)C(=O)N[C@@H](Cc1ccccc1)C(=O)O)OC)N(C)C(=O)[C@@H](N=C(N(C)C)N1CCN(C(=O)CCCCCN2C(=O)CC(SC[C@H](NC(C)=O)C(=O)O)C2=O)CC1)C(C)C. The number of amides is 7. The number of ether oxygens (including phenoxy) is 2. The van der Waals surface area contributed by atoms with Gasteiger partial charge in [0.15, 0.2) is 5.96 Å². The third-order valence-corrected chi connectivity index (χ3v) is 16.5. The summed E-state index contributed by atoms with van der Waals surface area (Å²) < 4.78 is 12.0. The van der Waals surface area contributed by atoms with Crippen LogP contribution in [0.4, 0.5) is 0 Å². The summed E-state index contributed by atoms with van der Waals surface area (Å²) in [6.45, 7) is 13.3. The number of piperazine rings is 1. The van der Waals surface area contributed by atoms with Crippen molar-refractivity contribution in [2.45, 2.75) is 153 Å². The Morgan fingerprint density at radius 2 is 1.47 bits per heavy atom. The van der Waals surface area contributed by atoms with Crippen molar-refractivity contribution >= 4 is 71.0 Å². The second-order valence-corrected chi connectivity index (χ2v) is 22.6. The topological polar surface area (TPSA) is 268 Å². The van der Waals surface area contributed by atoms with Crippen molar-refractivity contribution in [3.63, 3.8) is 0 Å². The first kappa shape index (κ1) is 64.7. The van der Waals surface area contributed by atoms with Crippen LogP contribution < -0.4 is 10.6 Å². The number of rotatable bonds is 29. The van der Waals surface area contributed by atoms with Gasteiger partial charge in [0.1, 0.15) is 18.1 Å². The van der Waals surface area contributed by atoms with E-state index in [1.807, 2.05) is 69.8 Å². The first-order chi connectivity index (χ1) is 36.9. The summed E-state index contributed by atoms with van der Waals surface area (Å²) >= 11 is 1.04. The van der Waals surface area contributed by atoms with Crippen LogP contribution in [0.3, 0.4) is 0 Å². The van der Waals surface area contributed by atoms with Crippen LogP contribution in [0.15, 0.2) is 35.3 Å². The molecule has 3 saturated heterocycles. The molecule has 3 heterocycles. The summed E-state index contributed by atoms with van der Waals surface area (Å²) in [5.74, 6) is -5.05. The van der Waals surface area contributed by atoms with Crippen LogP contribution in [0, 0.1) is 17.8 Å². The normalized spacial score (nSPS) is 20.1. The highest BCUT2D eigenvalue weighted by molar-refractivity contribution is 8.00. The van der Waals surface area contributed by atoms with E-state index in [2.05, 4.69) is 15.5 Å². The molecule has 4 N–H and O–H groups in total. The van der Waals surface area contributed by atoms with Gasteiger partial charge in [0.2, 0.25) is 41.4 Å². The molecule has 3 aliphatic rings. The van der Waals surface area contributed by atoms with Crippen molar-refractivity contribution in [3.8, 4) is 0 Å². The molecule has 3 fully saturated rings. The smallest absolute Gasteiger partial charge is 0.327 e. The fraction of sp³-hybridized carbons (Fsp3) is 0.709. The molecule has 436 valence electrons. The number of aliphatic carboxylic acids is 2. The van der Waals surface area contributed by atoms with Gasteiger partial charge in [-0.05, 0) is 43.1 Å². The van der Waals surface area contributed by atoms with Gasteiger partial charge in [0, 0.05) is 107 Å². The van der Waals surface area contributed by atoms with E-state index in [9.17, 15) is 53.4 Å². The molecular weight excluding hydrogens is 1030 g/mol. The maximum absolute atomic E-state index is 14.8. The number of likely N-dealkylation sites (N-methyl/N-ethyl adjacent to an activating group) is 1. The minimum atomic E-state index is -1.22. The van der Waals surface area contributed by atoms with Crippen molar-refractivity contribution in [2.75, 3.05) is 80.4 Å². The monoisotopic (exact) mass is 1110 g/mol. The van der Waals surface area contributed by atoms with Crippen LogP contribution in [-0.2, 0) is 59.0 Å². The van der Waals surface area contributed by atoms with Gasteiger partial charge in [-0.2, -0.15) is 0 Å². The van der Waals surface area contributed by atoms with Gasteiger partial charge >= 0.3 is 11.9 Å². The minimum Gasteiger partial charge on any atom is -0.480 e. The molecule has 0 saturated carbocycles. The van der Waals surface area contributed by atoms with Crippen LogP contribution in [-0.4, -0.2) is 227 Å². The highest BCUT2D eigenvalue weighted by Crippen LogP contribution is 2.31. The Bertz CT molecular complexity index is 2250. The molecule has 4 rings (SSSR count). The predicted molar refractivity (Wildman–Crippen MR) is 295 cm³/mol. The van der Waals surface area contributed by atoms with Crippen molar-refractivity contribution in [2.24, 2.45) is 22.7 Å². The number of hydrogen-bond acceptors (Lipinski definition) is 13.